The highest BCUT2D eigenvalue weighted by atomic mass is 32.2. The molecule has 1 aliphatic rings. The van der Waals surface area contributed by atoms with E-state index in [9.17, 15) is 0 Å². The SMILES string of the molecule is NN1Cc2ccccc2SN1. The van der Waals surface area contributed by atoms with E-state index in [-0.39, 0.29) is 0 Å². The summed E-state index contributed by atoms with van der Waals surface area (Å²) in [6.07, 6.45) is 0. The molecule has 1 aliphatic heterocycles. The highest BCUT2D eigenvalue weighted by Crippen LogP contribution is 2.24. The number of rotatable bonds is 0. The van der Waals surface area contributed by atoms with E-state index in [1.54, 1.807) is 17.1 Å². The second kappa shape index (κ2) is 2.83. The zero-order valence-electron chi connectivity index (χ0n) is 5.95. The Balaban J connectivity index is 2.34. The summed E-state index contributed by atoms with van der Waals surface area (Å²) in [4.78, 5) is 4.22. The van der Waals surface area contributed by atoms with Crippen LogP contribution in [0.15, 0.2) is 29.2 Å². The van der Waals surface area contributed by atoms with E-state index in [2.05, 4.69) is 17.0 Å². The number of nitrogens with two attached hydrogens (primary N) is 1. The number of hydrazine groups is 2. The molecule has 3 N–H and O–H groups in total. The molecular weight excluding hydrogens is 158 g/mol. The number of hydrogen-bond acceptors (Lipinski definition) is 4. The summed E-state index contributed by atoms with van der Waals surface area (Å²) in [7, 11) is 0. The maximum Gasteiger partial charge on any atom is 0.0556 e. The largest absolute Gasteiger partial charge is 0.254 e. The molecule has 3 nitrogen and oxygen atoms in total. The van der Waals surface area contributed by atoms with Crippen LogP contribution in [0.25, 0.3) is 0 Å². The van der Waals surface area contributed by atoms with Gasteiger partial charge in [-0.15, -0.1) is 0 Å². The first kappa shape index (κ1) is 7.12. The fourth-order valence-electron chi connectivity index (χ4n) is 1.06. The topological polar surface area (TPSA) is 41.3 Å². The molecule has 0 unspecified atom stereocenters. The van der Waals surface area contributed by atoms with Crippen LogP contribution in [0.3, 0.4) is 0 Å². The maximum atomic E-state index is 5.55. The number of hydrogen-bond donors (Lipinski definition) is 2. The molecule has 1 heterocycles. The van der Waals surface area contributed by atoms with Crippen LogP contribution in [0.5, 0.6) is 0 Å². The normalized spacial score (nSPS) is 17.9. The van der Waals surface area contributed by atoms with Crippen LogP contribution in [-0.2, 0) is 6.54 Å². The highest BCUT2D eigenvalue weighted by Gasteiger charge is 2.11. The molecule has 0 saturated heterocycles. The first-order valence-electron chi connectivity index (χ1n) is 3.39. The number of fused-ring (bicyclic) bond motifs is 1. The van der Waals surface area contributed by atoms with Gasteiger partial charge in [-0.2, -0.15) is 9.95 Å². The Bertz CT molecular complexity index is 264. The molecule has 0 radical (unpaired) electrons. The van der Waals surface area contributed by atoms with Gasteiger partial charge >= 0.3 is 0 Å². The van der Waals surface area contributed by atoms with Crippen LogP contribution in [0, 0.1) is 0 Å². The maximum absolute atomic E-state index is 5.55. The molecule has 0 aliphatic carbocycles. The summed E-state index contributed by atoms with van der Waals surface area (Å²) in [6, 6.07) is 8.22. The zero-order valence-corrected chi connectivity index (χ0v) is 6.77. The van der Waals surface area contributed by atoms with Crippen molar-refractivity contribution in [2.75, 3.05) is 0 Å². The molecule has 0 spiro atoms. The van der Waals surface area contributed by atoms with E-state index in [1.165, 1.54) is 10.5 Å². The average Bonchev–Trinajstić information content (AvgIpc) is 2.04. The fourth-order valence-corrected chi connectivity index (χ4v) is 1.75. The van der Waals surface area contributed by atoms with Crippen molar-refractivity contribution in [1.82, 2.24) is 9.95 Å². The van der Waals surface area contributed by atoms with E-state index >= 15 is 0 Å². The molecule has 0 fully saturated rings. The average molecular weight is 167 g/mol. The lowest BCUT2D eigenvalue weighted by Gasteiger charge is -2.23. The Morgan fingerprint density at radius 1 is 1.45 bits per heavy atom. The Morgan fingerprint density at radius 3 is 3.18 bits per heavy atom. The van der Waals surface area contributed by atoms with Crippen molar-refractivity contribution in [2.45, 2.75) is 11.4 Å². The monoisotopic (exact) mass is 167 g/mol. The zero-order chi connectivity index (χ0) is 7.68. The molecule has 2 rings (SSSR count). The molecular formula is C7H9N3S. The van der Waals surface area contributed by atoms with Gasteiger partial charge < -0.3 is 0 Å². The van der Waals surface area contributed by atoms with E-state index in [0.717, 1.165) is 6.54 Å². The van der Waals surface area contributed by atoms with Crippen molar-refractivity contribution in [3.8, 4) is 0 Å². The van der Waals surface area contributed by atoms with Gasteiger partial charge in [0.25, 0.3) is 0 Å². The van der Waals surface area contributed by atoms with Crippen LogP contribution >= 0.6 is 11.9 Å². The third-order valence-electron chi connectivity index (χ3n) is 1.59. The van der Waals surface area contributed by atoms with Gasteiger partial charge in [-0.1, -0.05) is 18.2 Å². The summed E-state index contributed by atoms with van der Waals surface area (Å²) in [5, 5.41) is 1.58. The third kappa shape index (κ3) is 1.39. The summed E-state index contributed by atoms with van der Waals surface area (Å²) < 4.78 is 0. The summed E-state index contributed by atoms with van der Waals surface area (Å²) >= 11 is 1.55. The second-order valence-electron chi connectivity index (χ2n) is 2.43. The first-order chi connectivity index (χ1) is 5.36. The van der Waals surface area contributed by atoms with Gasteiger partial charge in [-0.3, -0.25) is 5.84 Å². The van der Waals surface area contributed by atoms with Crippen molar-refractivity contribution in [2.24, 2.45) is 5.84 Å². The standard InChI is InChI=1S/C7H9N3S/c8-10-5-6-3-1-2-4-7(6)11-9-10/h1-4,9H,5,8H2. The van der Waals surface area contributed by atoms with Gasteiger partial charge in [0.2, 0.25) is 0 Å². The van der Waals surface area contributed by atoms with Gasteiger partial charge in [0.05, 0.1) is 6.54 Å². The van der Waals surface area contributed by atoms with Gasteiger partial charge in [-0.05, 0) is 23.6 Å². The van der Waals surface area contributed by atoms with Crippen molar-refractivity contribution in [1.29, 1.82) is 0 Å². The third-order valence-corrected chi connectivity index (χ3v) is 2.53. The second-order valence-corrected chi connectivity index (χ2v) is 3.26. The molecule has 0 saturated carbocycles. The molecule has 0 aromatic heterocycles. The summed E-state index contributed by atoms with van der Waals surface area (Å²) in [5.74, 6) is 5.55. The van der Waals surface area contributed by atoms with E-state index in [0.29, 0.717) is 0 Å². The highest BCUT2D eigenvalue weighted by molar-refractivity contribution is 7.97. The summed E-state index contributed by atoms with van der Waals surface area (Å²) in [6.45, 7) is 0.767. The Morgan fingerprint density at radius 2 is 2.27 bits per heavy atom. The molecule has 4 heteroatoms. The van der Waals surface area contributed by atoms with Crippen LogP contribution in [0.1, 0.15) is 5.56 Å². The van der Waals surface area contributed by atoms with Crippen molar-refractivity contribution < 1.29 is 0 Å². The Kier molecular flexibility index (Phi) is 1.83. The minimum Gasteiger partial charge on any atom is -0.254 e. The molecule has 1 aromatic rings. The van der Waals surface area contributed by atoms with Crippen molar-refractivity contribution in [3.63, 3.8) is 0 Å². The molecule has 0 amide bonds. The van der Waals surface area contributed by atoms with Crippen molar-refractivity contribution in [3.05, 3.63) is 29.8 Å². The lowest BCUT2D eigenvalue weighted by atomic mass is 10.2. The Labute approximate surface area is 69.6 Å². The molecule has 11 heavy (non-hydrogen) atoms. The fraction of sp³-hybridized carbons (Fsp3) is 0.143. The number of benzene rings is 1. The minimum atomic E-state index is 0.767. The number of nitrogens with zero attached hydrogens (tertiary/aromatic N) is 1. The van der Waals surface area contributed by atoms with Crippen LogP contribution < -0.4 is 10.7 Å². The van der Waals surface area contributed by atoms with E-state index in [1.807, 2.05) is 12.1 Å². The quantitative estimate of drug-likeness (QED) is 0.445. The molecule has 1 aromatic carbocycles. The smallest absolute Gasteiger partial charge is 0.0556 e. The van der Waals surface area contributed by atoms with Crippen molar-refractivity contribution >= 4 is 11.9 Å². The lowest BCUT2D eigenvalue weighted by molar-refractivity contribution is 0.241. The predicted octanol–water partition coefficient (Wildman–Crippen LogP) is 0.888. The van der Waals surface area contributed by atoms with Gasteiger partial charge in [0, 0.05) is 4.90 Å². The molecule has 58 valence electrons. The number of nitrogens with one attached hydrogen (secondary N) is 1. The van der Waals surface area contributed by atoms with E-state index < -0.39 is 0 Å². The van der Waals surface area contributed by atoms with E-state index in [4.69, 9.17) is 5.84 Å². The van der Waals surface area contributed by atoms with Gasteiger partial charge in [-0.25, -0.2) is 0 Å². The lowest BCUT2D eigenvalue weighted by Crippen LogP contribution is -2.41. The van der Waals surface area contributed by atoms with Gasteiger partial charge in [0.1, 0.15) is 0 Å². The van der Waals surface area contributed by atoms with Crippen LogP contribution in [0.2, 0.25) is 0 Å². The van der Waals surface area contributed by atoms with Crippen LogP contribution in [-0.4, -0.2) is 5.12 Å². The van der Waals surface area contributed by atoms with Gasteiger partial charge in [0.15, 0.2) is 0 Å². The summed E-state index contributed by atoms with van der Waals surface area (Å²) in [5.41, 5.74) is 1.28. The Hall–Kier alpha value is -0.550. The predicted molar refractivity (Wildman–Crippen MR) is 45.2 cm³/mol. The molecule has 0 atom stereocenters. The van der Waals surface area contributed by atoms with Crippen LogP contribution in [0.4, 0.5) is 0 Å². The first-order valence-corrected chi connectivity index (χ1v) is 4.20. The molecule has 0 bridgehead atoms. The minimum absolute atomic E-state index is 0.767.